The minimum atomic E-state index is 0.613. The van der Waals surface area contributed by atoms with E-state index in [9.17, 15) is 4.79 Å². The molecule has 0 unspecified atom stereocenters. The Morgan fingerprint density at radius 3 is 2.71 bits per heavy atom. The predicted octanol–water partition coefficient (Wildman–Crippen LogP) is 4.01. The van der Waals surface area contributed by atoms with Crippen LogP contribution in [-0.2, 0) is 0 Å². The van der Waals surface area contributed by atoms with Gasteiger partial charge in [0.25, 0.3) is 0 Å². The van der Waals surface area contributed by atoms with Crippen LogP contribution in [0.4, 0.5) is 0 Å². The number of hydrogen-bond acceptors (Lipinski definition) is 2. The highest BCUT2D eigenvalue weighted by atomic mass is 16.5. The molecule has 1 rings (SSSR count). The van der Waals surface area contributed by atoms with E-state index in [1.165, 1.54) is 12.8 Å². The summed E-state index contributed by atoms with van der Waals surface area (Å²) in [5.74, 6) is 0.671. The number of para-hydroxylation sites is 1. The second-order valence-corrected chi connectivity index (χ2v) is 3.91. The van der Waals surface area contributed by atoms with Gasteiger partial charge >= 0.3 is 0 Å². The molecule has 0 aliphatic rings. The summed E-state index contributed by atoms with van der Waals surface area (Å²) in [6, 6.07) is 7.30. The number of carbonyl (C=O) groups excluding carboxylic acids is 1. The highest BCUT2D eigenvalue weighted by Crippen LogP contribution is 2.15. The van der Waals surface area contributed by atoms with Crippen molar-refractivity contribution in [1.82, 2.24) is 0 Å². The minimum absolute atomic E-state index is 0.613. The zero-order valence-corrected chi connectivity index (χ0v) is 10.4. The number of benzene rings is 1. The van der Waals surface area contributed by atoms with Crippen molar-refractivity contribution in [3.8, 4) is 5.75 Å². The number of hydrogen-bond donors (Lipinski definition) is 0. The van der Waals surface area contributed by atoms with Gasteiger partial charge in [0.2, 0.25) is 0 Å². The highest BCUT2D eigenvalue weighted by Gasteiger charge is 1.99. The Morgan fingerprint density at radius 1 is 1.18 bits per heavy atom. The summed E-state index contributed by atoms with van der Waals surface area (Å²) in [5.41, 5.74) is 0.613. The van der Waals surface area contributed by atoms with Crippen LogP contribution in [0.5, 0.6) is 5.75 Å². The summed E-state index contributed by atoms with van der Waals surface area (Å²) in [4.78, 5) is 10.7. The lowest BCUT2D eigenvalue weighted by Gasteiger charge is -2.06. The molecule has 2 nitrogen and oxygen atoms in total. The molecule has 0 heterocycles. The summed E-state index contributed by atoms with van der Waals surface area (Å²) in [6.45, 7) is 2.81. The van der Waals surface area contributed by atoms with Gasteiger partial charge in [0.05, 0.1) is 12.2 Å². The molecule has 2 heteroatoms. The van der Waals surface area contributed by atoms with Crippen LogP contribution in [0.1, 0.15) is 43.0 Å². The van der Waals surface area contributed by atoms with Crippen molar-refractivity contribution in [2.45, 2.75) is 32.6 Å². The maximum atomic E-state index is 10.7. The quantitative estimate of drug-likeness (QED) is 0.384. The fourth-order valence-corrected chi connectivity index (χ4v) is 1.50. The van der Waals surface area contributed by atoms with Gasteiger partial charge in [-0.1, -0.05) is 44.1 Å². The second kappa shape index (κ2) is 8.57. The molecule has 0 saturated heterocycles. The average molecular weight is 232 g/mol. The molecule has 0 saturated carbocycles. The zero-order valence-electron chi connectivity index (χ0n) is 10.4. The molecule has 0 spiro atoms. The van der Waals surface area contributed by atoms with Crippen molar-refractivity contribution < 1.29 is 9.53 Å². The van der Waals surface area contributed by atoms with E-state index < -0.39 is 0 Å². The molecule has 0 atom stereocenters. The smallest absolute Gasteiger partial charge is 0.153 e. The summed E-state index contributed by atoms with van der Waals surface area (Å²) in [6.07, 6.45) is 9.65. The van der Waals surface area contributed by atoms with Crippen LogP contribution in [0.2, 0.25) is 0 Å². The first-order chi connectivity index (χ1) is 8.38. The molecule has 92 valence electrons. The molecule has 0 amide bonds. The number of aldehydes is 1. The first-order valence-corrected chi connectivity index (χ1v) is 6.20. The van der Waals surface area contributed by atoms with Crippen molar-refractivity contribution in [2.24, 2.45) is 0 Å². The van der Waals surface area contributed by atoms with Crippen LogP contribution in [0, 0.1) is 0 Å². The van der Waals surface area contributed by atoms with Gasteiger partial charge in [0.15, 0.2) is 6.29 Å². The minimum Gasteiger partial charge on any atom is -0.493 e. The van der Waals surface area contributed by atoms with E-state index in [1.807, 2.05) is 18.2 Å². The lowest BCUT2D eigenvalue weighted by atomic mass is 10.2. The Bertz CT molecular complexity index is 356. The van der Waals surface area contributed by atoms with E-state index in [0.29, 0.717) is 17.9 Å². The number of carbonyl (C=O) groups is 1. The lowest BCUT2D eigenvalue weighted by Crippen LogP contribution is -1.98. The topological polar surface area (TPSA) is 26.3 Å². The second-order valence-electron chi connectivity index (χ2n) is 3.91. The molecule has 0 N–H and O–H groups in total. The lowest BCUT2D eigenvalue weighted by molar-refractivity contribution is 0.111. The van der Waals surface area contributed by atoms with Crippen molar-refractivity contribution in [1.29, 1.82) is 0 Å². The van der Waals surface area contributed by atoms with Crippen LogP contribution >= 0.6 is 0 Å². The Hall–Kier alpha value is -1.57. The summed E-state index contributed by atoms with van der Waals surface area (Å²) >= 11 is 0. The van der Waals surface area contributed by atoms with Gasteiger partial charge in [0.1, 0.15) is 5.75 Å². The fourth-order valence-electron chi connectivity index (χ4n) is 1.50. The maximum absolute atomic E-state index is 10.7. The molecular formula is C15H20O2. The van der Waals surface area contributed by atoms with Gasteiger partial charge in [-0.15, -0.1) is 0 Å². The molecule has 0 radical (unpaired) electrons. The first kappa shape index (κ1) is 13.5. The molecule has 1 aromatic rings. The normalized spacial score (nSPS) is 10.6. The van der Waals surface area contributed by atoms with E-state index in [0.717, 1.165) is 19.1 Å². The Kier molecular flexibility index (Phi) is 6.80. The maximum Gasteiger partial charge on any atom is 0.153 e. The molecule has 0 aliphatic carbocycles. The van der Waals surface area contributed by atoms with Gasteiger partial charge < -0.3 is 4.74 Å². The van der Waals surface area contributed by atoms with E-state index in [1.54, 1.807) is 6.07 Å². The van der Waals surface area contributed by atoms with Crippen LogP contribution in [0.25, 0.3) is 0 Å². The monoisotopic (exact) mass is 232 g/mol. The molecule has 1 aromatic carbocycles. The Morgan fingerprint density at radius 2 is 1.94 bits per heavy atom. The number of ether oxygens (including phenoxy) is 1. The predicted molar refractivity (Wildman–Crippen MR) is 70.6 cm³/mol. The van der Waals surface area contributed by atoms with Crippen LogP contribution in [-0.4, -0.2) is 12.9 Å². The zero-order chi connectivity index (χ0) is 12.3. The third-order valence-corrected chi connectivity index (χ3v) is 2.48. The summed E-state index contributed by atoms with van der Waals surface area (Å²) < 4.78 is 5.55. The Labute approximate surface area is 103 Å². The molecule has 0 aliphatic heterocycles. The SMILES string of the molecule is CCCCC=CCCOc1ccccc1C=O. The van der Waals surface area contributed by atoms with E-state index >= 15 is 0 Å². The van der Waals surface area contributed by atoms with E-state index in [4.69, 9.17) is 4.74 Å². The molecule has 0 bridgehead atoms. The van der Waals surface area contributed by atoms with Crippen molar-refractivity contribution in [3.05, 3.63) is 42.0 Å². The van der Waals surface area contributed by atoms with E-state index in [2.05, 4.69) is 19.1 Å². The van der Waals surface area contributed by atoms with Gasteiger partial charge in [-0.3, -0.25) is 4.79 Å². The number of allylic oxidation sites excluding steroid dienone is 1. The van der Waals surface area contributed by atoms with Crippen molar-refractivity contribution in [3.63, 3.8) is 0 Å². The standard InChI is InChI=1S/C15H20O2/c1-2-3-4-5-6-9-12-17-15-11-8-7-10-14(15)13-16/h5-8,10-11,13H,2-4,9,12H2,1H3. The van der Waals surface area contributed by atoms with Gasteiger partial charge in [0, 0.05) is 0 Å². The molecule has 0 fully saturated rings. The molecular weight excluding hydrogens is 212 g/mol. The first-order valence-electron chi connectivity index (χ1n) is 6.20. The van der Waals surface area contributed by atoms with Gasteiger partial charge in [-0.2, -0.15) is 0 Å². The molecule has 17 heavy (non-hydrogen) atoms. The fraction of sp³-hybridized carbons (Fsp3) is 0.400. The molecule has 0 aromatic heterocycles. The third kappa shape index (κ3) is 5.34. The van der Waals surface area contributed by atoms with Gasteiger partial charge in [-0.05, 0) is 25.0 Å². The van der Waals surface area contributed by atoms with Crippen molar-refractivity contribution in [2.75, 3.05) is 6.61 Å². The number of rotatable bonds is 8. The van der Waals surface area contributed by atoms with Crippen molar-refractivity contribution >= 4 is 6.29 Å². The summed E-state index contributed by atoms with van der Waals surface area (Å²) in [5, 5.41) is 0. The largest absolute Gasteiger partial charge is 0.493 e. The van der Waals surface area contributed by atoms with Crippen LogP contribution < -0.4 is 4.74 Å². The van der Waals surface area contributed by atoms with Gasteiger partial charge in [-0.25, -0.2) is 0 Å². The van der Waals surface area contributed by atoms with E-state index in [-0.39, 0.29) is 0 Å². The number of unbranched alkanes of at least 4 members (excludes halogenated alkanes) is 2. The average Bonchev–Trinajstić information content (AvgIpc) is 2.38. The summed E-state index contributed by atoms with van der Waals surface area (Å²) in [7, 11) is 0. The Balaban J connectivity index is 2.26. The van der Waals surface area contributed by atoms with Crippen LogP contribution in [0.3, 0.4) is 0 Å². The van der Waals surface area contributed by atoms with Crippen LogP contribution in [0.15, 0.2) is 36.4 Å². The third-order valence-electron chi connectivity index (χ3n) is 2.48. The highest BCUT2D eigenvalue weighted by molar-refractivity contribution is 5.79.